The predicted octanol–water partition coefficient (Wildman–Crippen LogP) is 3.34. The maximum absolute atomic E-state index is 13.6. The van der Waals surface area contributed by atoms with Crippen molar-refractivity contribution < 1.29 is 8.78 Å². The fraction of sp³-hybridized carbons (Fsp3) is 0.429. The van der Waals surface area contributed by atoms with Gasteiger partial charge in [0.05, 0.1) is 0 Å². The van der Waals surface area contributed by atoms with E-state index in [1.807, 2.05) is 6.92 Å². The second-order valence-corrected chi connectivity index (χ2v) is 4.11. The lowest BCUT2D eigenvalue weighted by atomic mass is 10.0. The van der Waals surface area contributed by atoms with E-state index < -0.39 is 0 Å². The molecule has 17 heavy (non-hydrogen) atoms. The maximum Gasteiger partial charge on any atom is 0.128 e. The SMILES string of the molecule is C#CCCCNC(C)c1cc(F)c(C)cc1F. The first-order valence-electron chi connectivity index (χ1n) is 5.68. The van der Waals surface area contributed by atoms with E-state index in [2.05, 4.69) is 11.2 Å². The molecule has 0 aliphatic rings. The standard InChI is InChI=1S/C14H17F2N/c1-4-5-6-7-17-11(3)12-9-13(15)10(2)8-14(12)16/h1,8-9,11,17H,5-7H2,2-3H3. The molecular weight excluding hydrogens is 220 g/mol. The van der Waals surface area contributed by atoms with Crippen molar-refractivity contribution in [1.29, 1.82) is 0 Å². The highest BCUT2D eigenvalue weighted by Crippen LogP contribution is 2.20. The number of hydrogen-bond acceptors (Lipinski definition) is 1. The molecule has 1 aromatic carbocycles. The van der Waals surface area contributed by atoms with Gasteiger partial charge in [0.2, 0.25) is 0 Å². The summed E-state index contributed by atoms with van der Waals surface area (Å²) in [4.78, 5) is 0. The van der Waals surface area contributed by atoms with E-state index in [0.29, 0.717) is 24.1 Å². The number of rotatable bonds is 5. The molecule has 0 amide bonds. The minimum atomic E-state index is -0.376. The first-order chi connectivity index (χ1) is 8.06. The molecule has 1 aromatic rings. The van der Waals surface area contributed by atoms with Crippen LogP contribution in [-0.2, 0) is 0 Å². The summed E-state index contributed by atoms with van der Waals surface area (Å²) in [6.07, 6.45) is 6.64. The average molecular weight is 237 g/mol. The van der Waals surface area contributed by atoms with Gasteiger partial charge in [-0.2, -0.15) is 0 Å². The van der Waals surface area contributed by atoms with E-state index in [0.717, 1.165) is 6.42 Å². The van der Waals surface area contributed by atoms with E-state index in [-0.39, 0.29) is 17.7 Å². The van der Waals surface area contributed by atoms with E-state index in [4.69, 9.17) is 6.42 Å². The van der Waals surface area contributed by atoms with Gasteiger partial charge in [-0.1, -0.05) is 0 Å². The second kappa shape index (κ2) is 6.36. The molecule has 1 rings (SSSR count). The van der Waals surface area contributed by atoms with E-state index >= 15 is 0 Å². The second-order valence-electron chi connectivity index (χ2n) is 4.11. The Morgan fingerprint density at radius 2 is 2.06 bits per heavy atom. The van der Waals surface area contributed by atoms with Crippen molar-refractivity contribution in [3.8, 4) is 12.3 Å². The summed E-state index contributed by atoms with van der Waals surface area (Å²) in [6.45, 7) is 4.05. The summed E-state index contributed by atoms with van der Waals surface area (Å²) in [5.74, 6) is 1.78. The maximum atomic E-state index is 13.6. The Morgan fingerprint density at radius 3 is 2.71 bits per heavy atom. The molecule has 92 valence electrons. The van der Waals surface area contributed by atoms with Crippen LogP contribution in [0.5, 0.6) is 0 Å². The first kappa shape index (κ1) is 13.7. The van der Waals surface area contributed by atoms with Crippen molar-refractivity contribution in [2.75, 3.05) is 6.54 Å². The molecule has 0 heterocycles. The van der Waals surface area contributed by atoms with Crippen LogP contribution in [0.4, 0.5) is 8.78 Å². The molecule has 1 unspecified atom stereocenters. The van der Waals surface area contributed by atoms with Gasteiger partial charge in [0.1, 0.15) is 11.6 Å². The van der Waals surface area contributed by atoms with Gasteiger partial charge >= 0.3 is 0 Å². The third-order valence-electron chi connectivity index (χ3n) is 2.69. The third kappa shape index (κ3) is 3.83. The van der Waals surface area contributed by atoms with Crippen LogP contribution in [0.2, 0.25) is 0 Å². The highest BCUT2D eigenvalue weighted by Gasteiger charge is 2.12. The molecule has 0 saturated carbocycles. The largest absolute Gasteiger partial charge is 0.310 e. The van der Waals surface area contributed by atoms with Crippen molar-refractivity contribution in [2.45, 2.75) is 32.7 Å². The van der Waals surface area contributed by atoms with Crippen molar-refractivity contribution in [3.05, 3.63) is 34.9 Å². The Morgan fingerprint density at radius 1 is 1.35 bits per heavy atom. The summed E-state index contributed by atoms with van der Waals surface area (Å²) >= 11 is 0. The molecule has 0 bridgehead atoms. The fourth-order valence-corrected chi connectivity index (χ4v) is 1.61. The molecule has 0 spiro atoms. The Labute approximate surface area is 101 Å². The normalized spacial score (nSPS) is 12.2. The topological polar surface area (TPSA) is 12.0 Å². The Balaban J connectivity index is 2.66. The molecule has 0 aliphatic carbocycles. The van der Waals surface area contributed by atoms with Crippen LogP contribution in [0, 0.1) is 30.9 Å². The van der Waals surface area contributed by atoms with Crippen LogP contribution >= 0.6 is 0 Å². The molecule has 0 fully saturated rings. The number of nitrogens with one attached hydrogen (secondary N) is 1. The summed E-state index contributed by atoms with van der Waals surface area (Å²) < 4.78 is 27.0. The lowest BCUT2D eigenvalue weighted by Crippen LogP contribution is -2.21. The lowest BCUT2D eigenvalue weighted by molar-refractivity contribution is 0.513. The van der Waals surface area contributed by atoms with E-state index in [1.54, 1.807) is 6.92 Å². The van der Waals surface area contributed by atoms with E-state index in [1.165, 1.54) is 12.1 Å². The average Bonchev–Trinajstić information content (AvgIpc) is 2.29. The van der Waals surface area contributed by atoms with Gasteiger partial charge in [0.15, 0.2) is 0 Å². The summed E-state index contributed by atoms with van der Waals surface area (Å²) in [7, 11) is 0. The van der Waals surface area contributed by atoms with Crippen LogP contribution in [0.25, 0.3) is 0 Å². The highest BCUT2D eigenvalue weighted by molar-refractivity contribution is 5.27. The Bertz CT molecular complexity index is 421. The number of terminal acetylenes is 1. The fourth-order valence-electron chi connectivity index (χ4n) is 1.61. The minimum absolute atomic E-state index is 0.220. The van der Waals surface area contributed by atoms with Crippen molar-refractivity contribution in [1.82, 2.24) is 5.32 Å². The van der Waals surface area contributed by atoms with Crippen LogP contribution < -0.4 is 5.32 Å². The van der Waals surface area contributed by atoms with Crippen LogP contribution in [0.1, 0.15) is 36.9 Å². The highest BCUT2D eigenvalue weighted by atomic mass is 19.1. The number of halogens is 2. The zero-order valence-corrected chi connectivity index (χ0v) is 10.2. The van der Waals surface area contributed by atoms with Crippen LogP contribution in [0.3, 0.4) is 0 Å². The molecule has 3 heteroatoms. The Kier molecular flexibility index (Phi) is 5.11. The van der Waals surface area contributed by atoms with Crippen molar-refractivity contribution in [2.24, 2.45) is 0 Å². The summed E-state index contributed by atoms with van der Waals surface area (Å²) in [6, 6.07) is 2.26. The molecule has 0 aliphatic heterocycles. The number of benzene rings is 1. The van der Waals surface area contributed by atoms with Gasteiger partial charge in [-0.3, -0.25) is 0 Å². The van der Waals surface area contributed by atoms with Gasteiger partial charge in [-0.15, -0.1) is 12.3 Å². The molecule has 0 saturated heterocycles. The third-order valence-corrected chi connectivity index (χ3v) is 2.69. The summed E-state index contributed by atoms with van der Waals surface area (Å²) in [5, 5.41) is 3.12. The summed E-state index contributed by atoms with van der Waals surface area (Å²) in [5.41, 5.74) is 0.680. The van der Waals surface area contributed by atoms with Crippen molar-refractivity contribution in [3.63, 3.8) is 0 Å². The zero-order valence-electron chi connectivity index (χ0n) is 10.2. The smallest absolute Gasteiger partial charge is 0.128 e. The number of unbranched alkanes of at least 4 members (excludes halogenated alkanes) is 1. The van der Waals surface area contributed by atoms with Crippen LogP contribution in [0.15, 0.2) is 12.1 Å². The van der Waals surface area contributed by atoms with Gasteiger partial charge < -0.3 is 5.32 Å². The van der Waals surface area contributed by atoms with Gasteiger partial charge in [0.25, 0.3) is 0 Å². The molecular formula is C14H17F2N. The van der Waals surface area contributed by atoms with Crippen molar-refractivity contribution >= 4 is 0 Å². The van der Waals surface area contributed by atoms with E-state index in [9.17, 15) is 8.78 Å². The minimum Gasteiger partial charge on any atom is -0.310 e. The Hall–Kier alpha value is -1.40. The molecule has 0 radical (unpaired) electrons. The predicted molar refractivity (Wildman–Crippen MR) is 65.6 cm³/mol. The molecule has 1 nitrogen and oxygen atoms in total. The molecule has 1 atom stereocenters. The van der Waals surface area contributed by atoms with Gasteiger partial charge in [-0.25, -0.2) is 8.78 Å². The van der Waals surface area contributed by atoms with Crippen LogP contribution in [-0.4, -0.2) is 6.54 Å². The lowest BCUT2D eigenvalue weighted by Gasteiger charge is -2.15. The zero-order chi connectivity index (χ0) is 12.8. The first-order valence-corrected chi connectivity index (χ1v) is 5.68. The molecule has 1 N–H and O–H groups in total. The molecule has 0 aromatic heterocycles. The monoisotopic (exact) mass is 237 g/mol. The quantitative estimate of drug-likeness (QED) is 0.612. The number of hydrogen-bond donors (Lipinski definition) is 1. The van der Waals surface area contributed by atoms with Gasteiger partial charge in [0, 0.05) is 18.0 Å². The van der Waals surface area contributed by atoms with Gasteiger partial charge in [-0.05, 0) is 44.5 Å². The number of aryl methyl sites for hydroxylation is 1.